The number of nitrogens with zero attached hydrogens (tertiary/aromatic N) is 1. The predicted octanol–water partition coefficient (Wildman–Crippen LogP) is 2.35. The Bertz CT molecular complexity index is 1590. The molecule has 39 heavy (non-hydrogen) atoms. The largest absolute Gasteiger partial charge is 0.508 e. The fraction of sp³-hybridized carbons (Fsp3) is 0.241. The van der Waals surface area contributed by atoms with E-state index in [0.717, 1.165) is 16.0 Å². The quantitative estimate of drug-likeness (QED) is 0.217. The van der Waals surface area contributed by atoms with Gasteiger partial charge in [-0.1, -0.05) is 35.9 Å². The Morgan fingerprint density at radius 2 is 1.77 bits per heavy atom. The highest BCUT2D eigenvalue weighted by molar-refractivity contribution is 9.12. The molecule has 2 aromatic carbocycles. The Labute approximate surface area is 232 Å². The van der Waals surface area contributed by atoms with Gasteiger partial charge in [0, 0.05) is 23.1 Å². The van der Waals surface area contributed by atoms with Crippen molar-refractivity contribution in [3.8, 4) is 5.75 Å². The van der Waals surface area contributed by atoms with Gasteiger partial charge in [-0.05, 0) is 76.4 Å². The predicted molar refractivity (Wildman–Crippen MR) is 146 cm³/mol. The van der Waals surface area contributed by atoms with Crippen LogP contribution in [0.4, 0.5) is 5.69 Å². The second kappa shape index (κ2) is 9.26. The molecule has 1 aliphatic heterocycles. The average molecular weight is 588 g/mol. The summed E-state index contributed by atoms with van der Waals surface area (Å²) in [6, 6.07) is 11.1. The zero-order valence-electron chi connectivity index (χ0n) is 20.8. The van der Waals surface area contributed by atoms with Crippen molar-refractivity contribution in [2.75, 3.05) is 4.90 Å². The topological polar surface area (TPSA) is 132 Å². The van der Waals surface area contributed by atoms with E-state index in [-0.39, 0.29) is 51.7 Å². The van der Waals surface area contributed by atoms with Crippen LogP contribution in [0, 0.1) is 24.7 Å². The Hall–Kier alpha value is -3.60. The lowest BCUT2D eigenvalue weighted by molar-refractivity contribution is -0.123. The minimum absolute atomic E-state index is 0.106. The standard InChI is InChI=1S/C29H23BBrNO7/c1-13-9-14(5-8-22(13)33)24-17-6-7-18-25(19(17)11-20-26(24)23(34)12-21(31)27(20)35)29(37)32(28(18)36)16-4-2-3-15(10-16)30(38)39/h2-6,8-10,12,18-19,24-25,33,38-39H,7,11H2,1H3. The number of carbonyl (C=O) groups is 4. The Kier molecular flexibility index (Phi) is 6.09. The highest BCUT2D eigenvalue weighted by atomic mass is 79.9. The van der Waals surface area contributed by atoms with Crippen LogP contribution in [0.1, 0.15) is 29.9 Å². The summed E-state index contributed by atoms with van der Waals surface area (Å²) in [5, 5.41) is 29.3. The Morgan fingerprint density at radius 3 is 2.49 bits per heavy atom. The van der Waals surface area contributed by atoms with Gasteiger partial charge < -0.3 is 15.2 Å². The number of imide groups is 1. The van der Waals surface area contributed by atoms with Gasteiger partial charge in [-0.2, -0.15) is 0 Å². The van der Waals surface area contributed by atoms with E-state index in [2.05, 4.69) is 15.9 Å². The van der Waals surface area contributed by atoms with E-state index < -0.39 is 36.7 Å². The molecule has 0 radical (unpaired) electrons. The third-order valence-electron chi connectivity index (χ3n) is 8.31. The van der Waals surface area contributed by atoms with E-state index in [9.17, 15) is 34.3 Å². The van der Waals surface area contributed by atoms with Crippen LogP contribution in [0.2, 0.25) is 0 Å². The number of benzene rings is 2. The molecule has 1 saturated heterocycles. The van der Waals surface area contributed by atoms with E-state index >= 15 is 0 Å². The van der Waals surface area contributed by atoms with Crippen LogP contribution in [-0.2, 0) is 19.2 Å². The number of anilines is 1. The number of ketones is 2. The molecule has 4 unspecified atom stereocenters. The van der Waals surface area contributed by atoms with Gasteiger partial charge in [-0.15, -0.1) is 0 Å². The molecule has 0 bridgehead atoms. The lowest BCUT2D eigenvalue weighted by Gasteiger charge is -2.42. The van der Waals surface area contributed by atoms with Gasteiger partial charge in [0.15, 0.2) is 11.6 Å². The number of amides is 2. The third kappa shape index (κ3) is 3.89. The van der Waals surface area contributed by atoms with Crippen molar-refractivity contribution in [2.24, 2.45) is 17.8 Å². The molecular weight excluding hydrogens is 565 g/mol. The maximum Gasteiger partial charge on any atom is 0.488 e. The van der Waals surface area contributed by atoms with E-state index in [1.165, 1.54) is 18.2 Å². The van der Waals surface area contributed by atoms with Gasteiger partial charge in [-0.3, -0.25) is 24.1 Å². The first-order valence-corrected chi connectivity index (χ1v) is 13.4. The van der Waals surface area contributed by atoms with Crippen LogP contribution in [0.3, 0.4) is 0 Å². The lowest BCUT2D eigenvalue weighted by atomic mass is 9.59. The number of hydrogen-bond acceptors (Lipinski definition) is 7. The van der Waals surface area contributed by atoms with Crippen LogP contribution < -0.4 is 10.4 Å². The number of carbonyl (C=O) groups excluding carboxylic acids is 4. The smallest absolute Gasteiger partial charge is 0.488 e. The molecule has 3 aliphatic carbocycles. The maximum atomic E-state index is 13.9. The summed E-state index contributed by atoms with van der Waals surface area (Å²) in [5.74, 6) is -3.79. The van der Waals surface area contributed by atoms with E-state index in [1.807, 2.05) is 6.08 Å². The first kappa shape index (κ1) is 25.7. The van der Waals surface area contributed by atoms with Crippen LogP contribution in [0.5, 0.6) is 5.75 Å². The van der Waals surface area contributed by atoms with Crippen LogP contribution in [0.25, 0.3) is 0 Å². The van der Waals surface area contributed by atoms with Crippen molar-refractivity contribution in [3.05, 3.63) is 86.9 Å². The molecular formula is C29H23BBrNO7. The fourth-order valence-corrected chi connectivity index (χ4v) is 6.97. The van der Waals surface area contributed by atoms with Gasteiger partial charge in [0.05, 0.1) is 22.0 Å². The molecule has 0 spiro atoms. The molecule has 3 N–H and O–H groups in total. The minimum Gasteiger partial charge on any atom is -0.508 e. The summed E-state index contributed by atoms with van der Waals surface area (Å²) in [6.07, 6.45) is 3.64. The molecule has 0 saturated carbocycles. The monoisotopic (exact) mass is 587 g/mol. The van der Waals surface area contributed by atoms with Gasteiger partial charge in [0.25, 0.3) is 0 Å². The average Bonchev–Trinajstić information content (AvgIpc) is 3.17. The lowest BCUT2D eigenvalue weighted by Crippen LogP contribution is -2.39. The molecule has 4 atom stereocenters. The number of phenols is 1. The summed E-state index contributed by atoms with van der Waals surface area (Å²) in [6.45, 7) is 1.75. The highest BCUT2D eigenvalue weighted by Crippen LogP contribution is 2.55. The minimum atomic E-state index is -1.76. The molecule has 1 heterocycles. The van der Waals surface area contributed by atoms with E-state index in [1.54, 1.807) is 37.3 Å². The molecule has 4 aliphatic rings. The first-order valence-electron chi connectivity index (χ1n) is 12.6. The summed E-state index contributed by atoms with van der Waals surface area (Å²) < 4.78 is 0.154. The van der Waals surface area contributed by atoms with Gasteiger partial charge in [0.2, 0.25) is 11.8 Å². The van der Waals surface area contributed by atoms with E-state index in [4.69, 9.17) is 0 Å². The van der Waals surface area contributed by atoms with Crippen LogP contribution >= 0.6 is 15.9 Å². The molecule has 8 nitrogen and oxygen atoms in total. The number of phenolic OH excluding ortho intramolecular Hbond substituents is 1. The van der Waals surface area contributed by atoms with Crippen molar-refractivity contribution in [1.29, 1.82) is 0 Å². The molecule has 10 heteroatoms. The normalized spacial score (nSPS) is 26.2. The first-order chi connectivity index (χ1) is 18.6. The number of halogens is 1. The van der Waals surface area contributed by atoms with Crippen molar-refractivity contribution in [1.82, 2.24) is 0 Å². The molecule has 2 amide bonds. The number of aromatic hydroxyl groups is 1. The number of aryl methyl sites for hydroxylation is 1. The molecule has 2 aromatic rings. The van der Waals surface area contributed by atoms with Crippen LogP contribution in [0.15, 0.2) is 75.8 Å². The summed E-state index contributed by atoms with van der Waals surface area (Å²) in [5.41, 5.74) is 3.25. The fourth-order valence-electron chi connectivity index (χ4n) is 6.52. The molecule has 196 valence electrons. The summed E-state index contributed by atoms with van der Waals surface area (Å²) >= 11 is 3.22. The number of Topliss-reactive ketones (excluding diaryl/α,β-unsaturated/α-hetero) is 1. The van der Waals surface area contributed by atoms with E-state index in [0.29, 0.717) is 16.7 Å². The SMILES string of the molecule is Cc1cc(C2C3=CCC4C(=O)N(c5cccc(B(O)O)c5)C(=O)C4C3CC3=C2C(=O)C=C(Br)C3=O)ccc1O. The van der Waals surface area contributed by atoms with Gasteiger partial charge in [-0.25, -0.2) is 0 Å². The maximum absolute atomic E-state index is 13.9. The second-order valence-electron chi connectivity index (χ2n) is 10.4. The van der Waals surface area contributed by atoms with Crippen molar-refractivity contribution >= 4 is 57.6 Å². The number of fused-ring (bicyclic) bond motifs is 3. The van der Waals surface area contributed by atoms with Gasteiger partial charge in [0.1, 0.15) is 5.75 Å². The highest BCUT2D eigenvalue weighted by Gasteiger charge is 2.56. The number of rotatable bonds is 3. The van der Waals surface area contributed by atoms with Crippen LogP contribution in [-0.4, -0.2) is 45.7 Å². The zero-order valence-corrected chi connectivity index (χ0v) is 22.4. The Morgan fingerprint density at radius 1 is 1.00 bits per heavy atom. The van der Waals surface area contributed by atoms with Gasteiger partial charge >= 0.3 is 7.12 Å². The second-order valence-corrected chi connectivity index (χ2v) is 11.3. The number of hydrogen-bond donors (Lipinski definition) is 3. The molecule has 1 fully saturated rings. The van der Waals surface area contributed by atoms with Crippen molar-refractivity contribution in [3.63, 3.8) is 0 Å². The third-order valence-corrected chi connectivity index (χ3v) is 8.90. The molecule has 0 aromatic heterocycles. The van der Waals surface area contributed by atoms with Crippen molar-refractivity contribution < 1.29 is 34.3 Å². The Balaban J connectivity index is 1.47. The zero-order chi connectivity index (χ0) is 27.7. The summed E-state index contributed by atoms with van der Waals surface area (Å²) in [7, 11) is -1.76. The molecule has 6 rings (SSSR count). The van der Waals surface area contributed by atoms with Crippen molar-refractivity contribution in [2.45, 2.75) is 25.7 Å². The number of allylic oxidation sites excluding steroid dienone is 6. The summed E-state index contributed by atoms with van der Waals surface area (Å²) in [4.78, 5) is 55.2.